The molecule has 1 saturated heterocycles. The Morgan fingerprint density at radius 3 is 2.24 bits per heavy atom. The normalized spacial score (nSPS) is 43.7. The number of ether oxygens (including phenoxy) is 3. The van der Waals surface area contributed by atoms with Crippen LogP contribution in [0.25, 0.3) is 0 Å². The minimum atomic E-state index is -1.36. The highest BCUT2D eigenvalue weighted by Gasteiger charge is 2.48. The molecule has 1 amide bonds. The summed E-state index contributed by atoms with van der Waals surface area (Å²) in [5.74, 6) is -0.924. The highest BCUT2D eigenvalue weighted by molar-refractivity contribution is 5.68. The average Bonchev–Trinajstić information content (AvgIpc) is 2.61. The summed E-state index contributed by atoms with van der Waals surface area (Å²) >= 11 is 0. The standard InChI is InChI=1S/C19H35NO9/c1-8-6-10(20-18(26)29-19(3,4)5)14(24)15(25)16(8)28-17-13(23)9(2)12(22)11(7-21)27-17/h8-17,21-25H,6-7H2,1-5H3,(H,20,26). The number of carbonyl (C=O) groups excluding carboxylic acids is 1. The van der Waals surface area contributed by atoms with Crippen molar-refractivity contribution in [2.24, 2.45) is 11.8 Å². The molecule has 2 aliphatic rings. The minimum Gasteiger partial charge on any atom is -0.444 e. The van der Waals surface area contributed by atoms with E-state index in [0.717, 1.165) is 0 Å². The van der Waals surface area contributed by atoms with Crippen molar-refractivity contribution < 1.29 is 44.5 Å². The molecule has 0 radical (unpaired) electrons. The molecule has 29 heavy (non-hydrogen) atoms. The number of hydrogen-bond donors (Lipinski definition) is 6. The quantitative estimate of drug-likeness (QED) is 0.338. The first-order valence-corrected chi connectivity index (χ1v) is 9.99. The Hall–Kier alpha value is -1.01. The summed E-state index contributed by atoms with van der Waals surface area (Å²) in [5, 5.41) is 53.4. The van der Waals surface area contributed by atoms with Crippen LogP contribution >= 0.6 is 0 Å². The zero-order valence-corrected chi connectivity index (χ0v) is 17.6. The van der Waals surface area contributed by atoms with Gasteiger partial charge in [-0.2, -0.15) is 0 Å². The molecule has 0 aromatic rings. The second-order valence-corrected chi connectivity index (χ2v) is 9.11. The highest BCUT2D eigenvalue weighted by atomic mass is 16.7. The molecule has 10 atom stereocenters. The van der Waals surface area contributed by atoms with Crippen molar-refractivity contribution in [1.82, 2.24) is 5.32 Å². The van der Waals surface area contributed by atoms with Crippen LogP contribution in [0.3, 0.4) is 0 Å². The summed E-state index contributed by atoms with van der Waals surface area (Å²) in [5.41, 5.74) is -0.696. The van der Waals surface area contributed by atoms with Gasteiger partial charge in [0.2, 0.25) is 0 Å². The Morgan fingerprint density at radius 1 is 1.07 bits per heavy atom. The Labute approximate surface area is 170 Å². The van der Waals surface area contributed by atoms with Gasteiger partial charge in [-0.25, -0.2) is 4.79 Å². The summed E-state index contributed by atoms with van der Waals surface area (Å²) in [6, 6.07) is -0.738. The van der Waals surface area contributed by atoms with Gasteiger partial charge in [-0.3, -0.25) is 0 Å². The lowest BCUT2D eigenvalue weighted by Gasteiger charge is -2.46. The van der Waals surface area contributed by atoms with E-state index in [1.165, 1.54) is 0 Å². The van der Waals surface area contributed by atoms with Crippen LogP contribution in [0, 0.1) is 11.8 Å². The Bertz CT molecular complexity index is 552. The summed E-state index contributed by atoms with van der Waals surface area (Å²) < 4.78 is 16.4. The van der Waals surface area contributed by atoms with Gasteiger partial charge in [-0.1, -0.05) is 13.8 Å². The van der Waals surface area contributed by atoms with Crippen molar-refractivity contribution in [1.29, 1.82) is 0 Å². The Kier molecular flexibility index (Phi) is 7.88. The molecule has 0 bridgehead atoms. The Balaban J connectivity index is 2.02. The first-order valence-electron chi connectivity index (χ1n) is 9.99. The number of aliphatic hydroxyl groups is 5. The number of alkyl carbamates (subject to hydrolysis) is 1. The summed E-state index contributed by atoms with van der Waals surface area (Å²) in [7, 11) is 0. The molecule has 2 fully saturated rings. The van der Waals surface area contributed by atoms with Crippen molar-refractivity contribution in [3.05, 3.63) is 0 Å². The lowest BCUT2D eigenvalue weighted by atomic mass is 9.80. The van der Waals surface area contributed by atoms with E-state index < -0.39 is 73.2 Å². The van der Waals surface area contributed by atoms with E-state index >= 15 is 0 Å². The average molecular weight is 421 g/mol. The summed E-state index contributed by atoms with van der Waals surface area (Å²) in [6.07, 6.45) is -8.31. The molecule has 170 valence electrons. The molecule has 0 aromatic heterocycles. The van der Waals surface area contributed by atoms with Crippen LogP contribution in [-0.2, 0) is 14.2 Å². The molecule has 6 N–H and O–H groups in total. The third-order valence-corrected chi connectivity index (χ3v) is 5.50. The fourth-order valence-electron chi connectivity index (χ4n) is 3.80. The van der Waals surface area contributed by atoms with Gasteiger partial charge in [-0.15, -0.1) is 0 Å². The monoisotopic (exact) mass is 421 g/mol. The van der Waals surface area contributed by atoms with Crippen LogP contribution in [0.5, 0.6) is 0 Å². The molecular formula is C19H35NO9. The van der Waals surface area contributed by atoms with Gasteiger partial charge in [0.05, 0.1) is 24.9 Å². The van der Waals surface area contributed by atoms with Crippen molar-refractivity contribution in [2.75, 3.05) is 6.61 Å². The number of rotatable bonds is 4. The van der Waals surface area contributed by atoms with Gasteiger partial charge >= 0.3 is 6.09 Å². The lowest BCUT2D eigenvalue weighted by Crippen LogP contribution is -2.62. The van der Waals surface area contributed by atoms with Crippen LogP contribution in [0.4, 0.5) is 4.79 Å². The second kappa shape index (κ2) is 9.42. The van der Waals surface area contributed by atoms with Crippen LogP contribution in [-0.4, -0.2) is 92.8 Å². The first-order chi connectivity index (χ1) is 13.4. The number of amides is 1. The fraction of sp³-hybridized carbons (Fsp3) is 0.947. The molecule has 10 heteroatoms. The van der Waals surface area contributed by atoms with Gasteiger partial charge in [0.15, 0.2) is 6.29 Å². The third-order valence-electron chi connectivity index (χ3n) is 5.50. The van der Waals surface area contributed by atoms with Gasteiger partial charge in [0.25, 0.3) is 0 Å². The van der Waals surface area contributed by atoms with E-state index in [9.17, 15) is 30.3 Å². The van der Waals surface area contributed by atoms with E-state index in [1.54, 1.807) is 34.6 Å². The lowest BCUT2D eigenvalue weighted by molar-refractivity contribution is -0.317. The van der Waals surface area contributed by atoms with E-state index in [1.807, 2.05) is 0 Å². The molecule has 0 aromatic carbocycles. The van der Waals surface area contributed by atoms with Crippen molar-refractivity contribution in [3.8, 4) is 0 Å². The molecule has 1 heterocycles. The van der Waals surface area contributed by atoms with Crippen LogP contribution in [0.2, 0.25) is 0 Å². The van der Waals surface area contributed by atoms with Gasteiger partial charge < -0.3 is 45.1 Å². The Morgan fingerprint density at radius 2 is 1.69 bits per heavy atom. The SMILES string of the molecule is CC1CC(NC(=O)OC(C)(C)C)C(O)C(O)C1OC1OC(CO)C(O)C(C)C1O. The molecule has 10 unspecified atom stereocenters. The number of nitrogens with one attached hydrogen (secondary N) is 1. The molecule has 1 saturated carbocycles. The van der Waals surface area contributed by atoms with Gasteiger partial charge in [0.1, 0.15) is 30.0 Å². The number of hydrogen-bond acceptors (Lipinski definition) is 9. The van der Waals surface area contributed by atoms with Crippen LogP contribution < -0.4 is 5.32 Å². The summed E-state index contributed by atoms with van der Waals surface area (Å²) in [6.45, 7) is 8.09. The zero-order valence-electron chi connectivity index (χ0n) is 17.6. The van der Waals surface area contributed by atoms with Crippen molar-refractivity contribution in [3.63, 3.8) is 0 Å². The van der Waals surface area contributed by atoms with Gasteiger partial charge in [-0.05, 0) is 33.1 Å². The van der Waals surface area contributed by atoms with Crippen LogP contribution in [0.1, 0.15) is 41.0 Å². The maximum Gasteiger partial charge on any atom is 0.407 e. The number of carbonyl (C=O) groups is 1. The zero-order chi connectivity index (χ0) is 22.1. The van der Waals surface area contributed by atoms with Gasteiger partial charge in [0, 0.05) is 5.92 Å². The van der Waals surface area contributed by atoms with Crippen molar-refractivity contribution in [2.45, 2.75) is 95.6 Å². The van der Waals surface area contributed by atoms with Crippen molar-refractivity contribution >= 4 is 6.09 Å². The molecule has 1 aliphatic carbocycles. The van der Waals surface area contributed by atoms with E-state index in [4.69, 9.17) is 14.2 Å². The predicted octanol–water partition coefficient (Wildman–Crippen LogP) is -0.898. The van der Waals surface area contributed by atoms with Crippen LogP contribution in [0.15, 0.2) is 0 Å². The summed E-state index contributed by atoms with van der Waals surface area (Å²) in [4.78, 5) is 12.0. The highest BCUT2D eigenvalue weighted by Crippen LogP contribution is 2.33. The van der Waals surface area contributed by atoms with E-state index in [2.05, 4.69) is 5.32 Å². The molecule has 2 rings (SSSR count). The largest absolute Gasteiger partial charge is 0.444 e. The topological polar surface area (TPSA) is 158 Å². The maximum absolute atomic E-state index is 12.0. The predicted molar refractivity (Wildman–Crippen MR) is 101 cm³/mol. The molecule has 10 nitrogen and oxygen atoms in total. The fourth-order valence-corrected chi connectivity index (χ4v) is 3.80. The third kappa shape index (κ3) is 5.78. The minimum absolute atomic E-state index is 0.298. The molecular weight excluding hydrogens is 386 g/mol. The van der Waals surface area contributed by atoms with E-state index in [0.29, 0.717) is 6.42 Å². The number of aliphatic hydroxyl groups excluding tert-OH is 5. The first kappa shape index (κ1) is 24.3. The molecule has 1 aliphatic heterocycles. The molecule has 0 spiro atoms. The van der Waals surface area contributed by atoms with E-state index in [-0.39, 0.29) is 5.92 Å². The second-order valence-electron chi connectivity index (χ2n) is 9.11. The smallest absolute Gasteiger partial charge is 0.407 e. The maximum atomic E-state index is 12.0.